The van der Waals surface area contributed by atoms with Crippen LogP contribution in [0.4, 0.5) is 0 Å². The van der Waals surface area contributed by atoms with Crippen molar-refractivity contribution in [3.63, 3.8) is 0 Å². The molecule has 1 heterocycles. The lowest BCUT2D eigenvalue weighted by Crippen LogP contribution is -2.57. The van der Waals surface area contributed by atoms with Gasteiger partial charge in [-0.3, -0.25) is 14.4 Å². The molecule has 3 atom stereocenters. The molecule has 43 heavy (non-hydrogen) atoms. The largest absolute Gasteiger partial charge is 0.508 e. The van der Waals surface area contributed by atoms with Crippen LogP contribution in [0.1, 0.15) is 34.3 Å². The third-order valence-corrected chi connectivity index (χ3v) is 8.87. The SMILES string of the molecule is NC(=O)C1=C(OCc2ccccc2)C[C@@H]2C[C@@H]3Cc4c(-c5ccc6c(c5)OCO6)ccc(O)c4C(=O)C3=C(O)[C@]2(O)C1=O. The number of ketones is 2. The van der Waals surface area contributed by atoms with Crippen LogP contribution in [-0.4, -0.2) is 45.2 Å². The molecule has 10 nitrogen and oxygen atoms in total. The van der Waals surface area contributed by atoms with Crippen LogP contribution < -0.4 is 15.2 Å². The lowest BCUT2D eigenvalue weighted by Gasteiger charge is -2.46. The van der Waals surface area contributed by atoms with E-state index < -0.39 is 46.2 Å². The van der Waals surface area contributed by atoms with E-state index in [1.165, 1.54) is 6.07 Å². The maximum absolute atomic E-state index is 13.9. The molecule has 3 aromatic carbocycles. The molecule has 4 aliphatic rings. The highest BCUT2D eigenvalue weighted by atomic mass is 16.7. The number of nitrogens with two attached hydrogens (primary N) is 1. The standard InChI is InChI=1S/C33H27NO9/c34-32(39)28-25(41-14-16-4-2-1-3-5-16)13-19-10-18-11-21-20(17-6-9-23-24(12-17)43-15-42-23)7-8-22(35)27(21)29(36)26(18)30(37)33(19,40)31(28)38/h1-9,12,18-19,35,37,40H,10-11,13-15H2,(H2,34,39)/t18-,19+,33+/m1/s1. The van der Waals surface area contributed by atoms with Crippen LogP contribution in [0.15, 0.2) is 83.3 Å². The normalized spacial score (nSPS) is 23.9. The lowest BCUT2D eigenvalue weighted by molar-refractivity contribution is -0.144. The number of aromatic hydroxyl groups is 1. The molecular formula is C33H27NO9. The topological polar surface area (TPSA) is 166 Å². The van der Waals surface area contributed by atoms with Crippen molar-refractivity contribution in [2.45, 2.75) is 31.5 Å². The van der Waals surface area contributed by atoms with Crippen LogP contribution in [0.2, 0.25) is 0 Å². The highest BCUT2D eigenvalue weighted by Gasteiger charge is 2.60. The van der Waals surface area contributed by atoms with E-state index in [0.717, 1.165) is 11.1 Å². The minimum absolute atomic E-state index is 0.0178. The number of carbonyl (C=O) groups is 3. The smallest absolute Gasteiger partial charge is 0.255 e. The van der Waals surface area contributed by atoms with Crippen molar-refractivity contribution in [1.82, 2.24) is 0 Å². The van der Waals surface area contributed by atoms with Crippen molar-refractivity contribution >= 4 is 17.5 Å². The molecule has 0 spiro atoms. The molecule has 0 saturated carbocycles. The van der Waals surface area contributed by atoms with E-state index in [1.807, 2.05) is 36.4 Å². The Balaban J connectivity index is 1.29. The Morgan fingerprint density at radius 2 is 1.77 bits per heavy atom. The molecule has 218 valence electrons. The number of hydrogen-bond acceptors (Lipinski definition) is 9. The third-order valence-electron chi connectivity index (χ3n) is 8.87. The molecule has 0 fully saturated rings. The maximum atomic E-state index is 13.9. The van der Waals surface area contributed by atoms with Crippen molar-refractivity contribution in [3.05, 3.63) is 100 Å². The fraction of sp³-hybridized carbons (Fsp3) is 0.242. The quantitative estimate of drug-likeness (QED) is 0.329. The number of phenolic OH excluding ortho intramolecular Hbond substituents is 1. The molecule has 10 heteroatoms. The molecule has 3 aromatic rings. The predicted molar refractivity (Wildman–Crippen MR) is 151 cm³/mol. The zero-order valence-corrected chi connectivity index (χ0v) is 22.8. The number of amides is 1. The number of Topliss-reactive ketones (excluding diaryl/α,β-unsaturated/α-hetero) is 2. The van der Waals surface area contributed by atoms with E-state index in [0.29, 0.717) is 22.6 Å². The molecule has 0 radical (unpaired) electrons. The molecule has 5 N–H and O–H groups in total. The summed E-state index contributed by atoms with van der Waals surface area (Å²) in [7, 11) is 0. The fourth-order valence-electron chi connectivity index (χ4n) is 6.81. The summed E-state index contributed by atoms with van der Waals surface area (Å²) >= 11 is 0. The van der Waals surface area contributed by atoms with Crippen LogP contribution >= 0.6 is 0 Å². The number of benzene rings is 3. The maximum Gasteiger partial charge on any atom is 0.255 e. The van der Waals surface area contributed by atoms with Crippen LogP contribution in [0, 0.1) is 11.8 Å². The first-order valence-corrected chi connectivity index (χ1v) is 13.9. The highest BCUT2D eigenvalue weighted by molar-refractivity contribution is 6.24. The highest BCUT2D eigenvalue weighted by Crippen LogP contribution is 2.53. The van der Waals surface area contributed by atoms with Crippen molar-refractivity contribution < 1.29 is 43.9 Å². The van der Waals surface area contributed by atoms with Gasteiger partial charge in [-0.1, -0.05) is 42.5 Å². The second kappa shape index (κ2) is 9.74. The molecule has 3 aliphatic carbocycles. The third kappa shape index (κ3) is 4.01. The zero-order valence-electron chi connectivity index (χ0n) is 22.8. The van der Waals surface area contributed by atoms with Crippen molar-refractivity contribution in [2.24, 2.45) is 17.6 Å². The number of allylic oxidation sites excluding steroid dienone is 2. The summed E-state index contributed by atoms with van der Waals surface area (Å²) in [6, 6.07) is 17.7. The van der Waals surface area contributed by atoms with Crippen LogP contribution in [0.25, 0.3) is 11.1 Å². The number of phenols is 1. The summed E-state index contributed by atoms with van der Waals surface area (Å²) in [4.78, 5) is 40.1. The van der Waals surface area contributed by atoms with Gasteiger partial charge in [0.1, 0.15) is 29.4 Å². The molecule has 0 unspecified atom stereocenters. The first kappa shape index (κ1) is 26.8. The fourth-order valence-corrected chi connectivity index (χ4v) is 6.81. The summed E-state index contributed by atoms with van der Waals surface area (Å²) < 4.78 is 16.9. The summed E-state index contributed by atoms with van der Waals surface area (Å²) in [6.07, 6.45) is 0.316. The monoisotopic (exact) mass is 581 g/mol. The summed E-state index contributed by atoms with van der Waals surface area (Å²) in [6.45, 7) is 0.165. The number of rotatable bonds is 5. The van der Waals surface area contributed by atoms with E-state index in [2.05, 4.69) is 0 Å². The van der Waals surface area contributed by atoms with Crippen molar-refractivity contribution in [2.75, 3.05) is 6.79 Å². The van der Waals surface area contributed by atoms with E-state index in [-0.39, 0.29) is 55.3 Å². The zero-order chi connectivity index (χ0) is 30.0. The van der Waals surface area contributed by atoms with Gasteiger partial charge < -0.3 is 35.3 Å². The van der Waals surface area contributed by atoms with E-state index >= 15 is 0 Å². The number of primary amides is 1. The summed E-state index contributed by atoms with van der Waals surface area (Å²) in [5, 5.41) is 34.0. The van der Waals surface area contributed by atoms with Crippen LogP contribution in [-0.2, 0) is 27.4 Å². The molecule has 0 saturated heterocycles. The first-order chi connectivity index (χ1) is 20.7. The average molecular weight is 582 g/mol. The van der Waals surface area contributed by atoms with Gasteiger partial charge in [-0.05, 0) is 59.2 Å². The van der Waals surface area contributed by atoms with Crippen LogP contribution in [0.5, 0.6) is 17.2 Å². The van der Waals surface area contributed by atoms with Gasteiger partial charge in [0.25, 0.3) is 5.91 Å². The Morgan fingerprint density at radius 1 is 1.00 bits per heavy atom. The number of fused-ring (bicyclic) bond motifs is 4. The Morgan fingerprint density at radius 3 is 2.53 bits per heavy atom. The Labute approximate surface area is 245 Å². The Hall–Kier alpha value is -5.09. The minimum atomic E-state index is -2.55. The van der Waals surface area contributed by atoms with E-state index in [9.17, 15) is 29.7 Å². The van der Waals surface area contributed by atoms with Gasteiger partial charge in [0.05, 0.1) is 5.56 Å². The van der Waals surface area contributed by atoms with Crippen molar-refractivity contribution in [3.8, 4) is 28.4 Å². The predicted octanol–water partition coefficient (Wildman–Crippen LogP) is 3.64. The molecule has 1 amide bonds. The van der Waals surface area contributed by atoms with Gasteiger partial charge in [-0.2, -0.15) is 0 Å². The Bertz CT molecular complexity index is 1790. The second-order valence-corrected chi connectivity index (χ2v) is 11.2. The number of hydrogen-bond donors (Lipinski definition) is 4. The van der Waals surface area contributed by atoms with E-state index in [4.69, 9.17) is 19.9 Å². The van der Waals surface area contributed by atoms with Gasteiger partial charge in [-0.25, -0.2) is 0 Å². The van der Waals surface area contributed by atoms with Gasteiger partial charge in [0.15, 0.2) is 22.9 Å². The first-order valence-electron chi connectivity index (χ1n) is 13.9. The second-order valence-electron chi connectivity index (χ2n) is 11.2. The molecule has 7 rings (SSSR count). The average Bonchev–Trinajstić information content (AvgIpc) is 3.46. The van der Waals surface area contributed by atoms with Gasteiger partial charge in [0.2, 0.25) is 12.6 Å². The number of carbonyl (C=O) groups excluding carboxylic acids is 3. The number of aliphatic hydroxyl groups excluding tert-OH is 1. The van der Waals surface area contributed by atoms with E-state index in [1.54, 1.807) is 18.2 Å². The number of aliphatic hydroxyl groups is 2. The molecule has 1 aliphatic heterocycles. The lowest BCUT2D eigenvalue weighted by atomic mass is 9.60. The summed E-state index contributed by atoms with van der Waals surface area (Å²) in [5.41, 5.74) is 5.12. The minimum Gasteiger partial charge on any atom is -0.508 e. The van der Waals surface area contributed by atoms with Gasteiger partial charge in [-0.15, -0.1) is 0 Å². The van der Waals surface area contributed by atoms with Crippen molar-refractivity contribution in [1.29, 1.82) is 0 Å². The molecule has 0 aromatic heterocycles. The van der Waals surface area contributed by atoms with Crippen LogP contribution in [0.3, 0.4) is 0 Å². The summed E-state index contributed by atoms with van der Waals surface area (Å²) in [5.74, 6) is -4.31. The molecular weight excluding hydrogens is 554 g/mol. The molecule has 0 bridgehead atoms. The number of ether oxygens (including phenoxy) is 3. The van der Waals surface area contributed by atoms with Gasteiger partial charge in [0, 0.05) is 17.9 Å². The Kier molecular flexibility index (Phi) is 6.07. The van der Waals surface area contributed by atoms with Gasteiger partial charge >= 0.3 is 0 Å².